The van der Waals surface area contributed by atoms with E-state index in [1.165, 1.54) is 26.0 Å². The fourth-order valence-corrected chi connectivity index (χ4v) is 2.12. The van der Waals surface area contributed by atoms with E-state index in [0.29, 0.717) is 23.8 Å². The van der Waals surface area contributed by atoms with E-state index in [9.17, 15) is 9.59 Å². The van der Waals surface area contributed by atoms with Crippen LogP contribution in [0, 0.1) is 0 Å². The van der Waals surface area contributed by atoms with Gasteiger partial charge in [0.25, 0.3) is 0 Å². The number of esters is 1. The zero-order chi connectivity index (χ0) is 15.7. The second kappa shape index (κ2) is 9.12. The van der Waals surface area contributed by atoms with Crippen LogP contribution in [0.1, 0.15) is 6.92 Å². The third-order valence-corrected chi connectivity index (χ3v) is 3.30. The molecule has 0 atom stereocenters. The molecule has 1 aromatic rings. The van der Waals surface area contributed by atoms with Crippen molar-refractivity contribution in [3.8, 4) is 11.5 Å². The summed E-state index contributed by atoms with van der Waals surface area (Å²) in [4.78, 5) is 22.9. The SMILES string of the molecule is CCOC(=O)CSCC(=O)Nc1cc(OC)cc(OC)c1. The molecule has 0 unspecified atom stereocenters. The van der Waals surface area contributed by atoms with Crippen molar-refractivity contribution >= 4 is 29.3 Å². The molecule has 1 amide bonds. The van der Waals surface area contributed by atoms with E-state index in [0.717, 1.165) is 0 Å². The van der Waals surface area contributed by atoms with Crippen molar-refractivity contribution in [1.82, 2.24) is 0 Å². The smallest absolute Gasteiger partial charge is 0.315 e. The number of anilines is 1. The summed E-state index contributed by atoms with van der Waals surface area (Å²) >= 11 is 1.20. The minimum absolute atomic E-state index is 0.155. The second-order valence-corrected chi connectivity index (χ2v) is 4.93. The Labute approximate surface area is 128 Å². The van der Waals surface area contributed by atoms with E-state index < -0.39 is 0 Å². The van der Waals surface area contributed by atoms with E-state index in [1.54, 1.807) is 25.1 Å². The first-order valence-electron chi connectivity index (χ1n) is 6.35. The fourth-order valence-electron chi connectivity index (χ4n) is 1.51. The third kappa shape index (κ3) is 6.40. The summed E-state index contributed by atoms with van der Waals surface area (Å²) in [7, 11) is 3.07. The van der Waals surface area contributed by atoms with Gasteiger partial charge in [0.1, 0.15) is 11.5 Å². The van der Waals surface area contributed by atoms with Crippen molar-refractivity contribution < 1.29 is 23.8 Å². The van der Waals surface area contributed by atoms with Gasteiger partial charge in [-0.05, 0) is 6.92 Å². The summed E-state index contributed by atoms with van der Waals surface area (Å²) in [6, 6.07) is 5.10. The van der Waals surface area contributed by atoms with Crippen molar-refractivity contribution in [3.63, 3.8) is 0 Å². The van der Waals surface area contributed by atoms with Crippen LogP contribution in [0.2, 0.25) is 0 Å². The molecule has 0 heterocycles. The standard InChI is InChI=1S/C14H19NO5S/c1-4-20-14(17)9-21-8-13(16)15-10-5-11(18-2)7-12(6-10)19-3/h5-7H,4,8-9H2,1-3H3,(H,15,16). The van der Waals surface area contributed by atoms with Gasteiger partial charge >= 0.3 is 5.97 Å². The maximum absolute atomic E-state index is 11.8. The molecule has 0 saturated carbocycles. The normalized spacial score (nSPS) is 9.86. The van der Waals surface area contributed by atoms with Crippen LogP contribution in [0.25, 0.3) is 0 Å². The Balaban J connectivity index is 2.49. The summed E-state index contributed by atoms with van der Waals surface area (Å²) in [5.41, 5.74) is 0.577. The number of nitrogens with one attached hydrogen (secondary N) is 1. The van der Waals surface area contributed by atoms with Gasteiger partial charge in [0.05, 0.1) is 32.3 Å². The Hall–Kier alpha value is -1.89. The fraction of sp³-hybridized carbons (Fsp3) is 0.429. The number of benzene rings is 1. The van der Waals surface area contributed by atoms with Crippen molar-refractivity contribution in [2.45, 2.75) is 6.92 Å². The van der Waals surface area contributed by atoms with Crippen LogP contribution in [0.3, 0.4) is 0 Å². The molecule has 0 bridgehead atoms. The topological polar surface area (TPSA) is 73.9 Å². The monoisotopic (exact) mass is 313 g/mol. The second-order valence-electron chi connectivity index (χ2n) is 3.95. The highest BCUT2D eigenvalue weighted by Gasteiger charge is 2.08. The Kier molecular flexibility index (Phi) is 7.45. The van der Waals surface area contributed by atoms with Gasteiger partial charge in [0.2, 0.25) is 5.91 Å². The van der Waals surface area contributed by atoms with Crippen LogP contribution in [0.5, 0.6) is 11.5 Å². The number of carbonyl (C=O) groups excluding carboxylic acids is 2. The largest absolute Gasteiger partial charge is 0.497 e. The Morgan fingerprint density at radius 3 is 2.24 bits per heavy atom. The maximum Gasteiger partial charge on any atom is 0.315 e. The molecule has 21 heavy (non-hydrogen) atoms. The Morgan fingerprint density at radius 2 is 1.71 bits per heavy atom. The summed E-state index contributed by atoms with van der Waals surface area (Å²) < 4.78 is 15.0. The predicted octanol–water partition coefficient (Wildman–Crippen LogP) is 1.94. The van der Waals surface area contributed by atoms with Gasteiger partial charge in [0, 0.05) is 23.9 Å². The number of methoxy groups -OCH3 is 2. The molecule has 0 radical (unpaired) electrons. The number of hydrogen-bond acceptors (Lipinski definition) is 6. The molecular weight excluding hydrogens is 294 g/mol. The number of thioether (sulfide) groups is 1. The molecule has 1 N–H and O–H groups in total. The summed E-state index contributed by atoms with van der Waals surface area (Å²) in [5, 5.41) is 2.73. The first-order valence-corrected chi connectivity index (χ1v) is 7.50. The first-order chi connectivity index (χ1) is 10.1. The molecule has 0 aliphatic carbocycles. The summed E-state index contributed by atoms with van der Waals surface area (Å²) in [6.45, 7) is 2.08. The molecule has 0 aliphatic heterocycles. The lowest BCUT2D eigenvalue weighted by molar-refractivity contribution is -0.139. The summed E-state index contributed by atoms with van der Waals surface area (Å²) in [5.74, 6) is 0.965. The highest BCUT2D eigenvalue weighted by Crippen LogP contribution is 2.25. The van der Waals surface area contributed by atoms with Gasteiger partial charge in [-0.25, -0.2) is 0 Å². The van der Waals surface area contributed by atoms with Gasteiger partial charge in [0.15, 0.2) is 0 Å². The quantitative estimate of drug-likeness (QED) is 0.739. The summed E-state index contributed by atoms with van der Waals surface area (Å²) in [6.07, 6.45) is 0. The number of hydrogen-bond donors (Lipinski definition) is 1. The molecule has 0 fully saturated rings. The molecule has 6 nitrogen and oxygen atoms in total. The van der Waals surface area contributed by atoms with Crippen LogP contribution >= 0.6 is 11.8 Å². The molecule has 0 aromatic heterocycles. The molecule has 0 aliphatic rings. The van der Waals surface area contributed by atoms with Gasteiger partial charge < -0.3 is 19.5 Å². The Morgan fingerprint density at radius 1 is 1.10 bits per heavy atom. The van der Waals surface area contributed by atoms with Crippen molar-refractivity contribution in [2.75, 3.05) is 37.6 Å². The van der Waals surface area contributed by atoms with Crippen molar-refractivity contribution in [2.24, 2.45) is 0 Å². The van der Waals surface area contributed by atoms with E-state index in [2.05, 4.69) is 5.32 Å². The van der Waals surface area contributed by atoms with Gasteiger partial charge in [-0.15, -0.1) is 11.8 Å². The van der Waals surface area contributed by atoms with Crippen LogP contribution in [0.4, 0.5) is 5.69 Å². The molecule has 0 spiro atoms. The number of amides is 1. The average molecular weight is 313 g/mol. The minimum atomic E-state index is -0.321. The molecule has 1 rings (SSSR count). The van der Waals surface area contributed by atoms with E-state index in [-0.39, 0.29) is 23.4 Å². The van der Waals surface area contributed by atoms with Crippen molar-refractivity contribution in [1.29, 1.82) is 0 Å². The lowest BCUT2D eigenvalue weighted by atomic mass is 10.2. The molecule has 116 valence electrons. The molecule has 0 saturated heterocycles. The van der Waals surface area contributed by atoms with E-state index >= 15 is 0 Å². The lowest BCUT2D eigenvalue weighted by Crippen LogP contribution is -2.16. The zero-order valence-corrected chi connectivity index (χ0v) is 13.1. The van der Waals surface area contributed by atoms with Gasteiger partial charge in [-0.2, -0.15) is 0 Å². The molecule has 7 heteroatoms. The lowest BCUT2D eigenvalue weighted by Gasteiger charge is -2.09. The first kappa shape index (κ1) is 17.2. The van der Waals surface area contributed by atoms with Crippen LogP contribution in [-0.4, -0.2) is 44.2 Å². The third-order valence-electron chi connectivity index (χ3n) is 2.39. The highest BCUT2D eigenvalue weighted by atomic mass is 32.2. The predicted molar refractivity (Wildman–Crippen MR) is 82.1 cm³/mol. The Bertz CT molecular complexity index is 470. The van der Waals surface area contributed by atoms with Crippen LogP contribution < -0.4 is 14.8 Å². The molecule has 1 aromatic carbocycles. The van der Waals surface area contributed by atoms with E-state index in [1.807, 2.05) is 0 Å². The number of ether oxygens (including phenoxy) is 3. The number of rotatable bonds is 8. The number of carbonyl (C=O) groups is 2. The highest BCUT2D eigenvalue weighted by molar-refractivity contribution is 8.00. The van der Waals surface area contributed by atoms with Crippen LogP contribution in [-0.2, 0) is 14.3 Å². The average Bonchev–Trinajstić information content (AvgIpc) is 2.47. The van der Waals surface area contributed by atoms with Crippen LogP contribution in [0.15, 0.2) is 18.2 Å². The van der Waals surface area contributed by atoms with Gasteiger partial charge in [-0.3, -0.25) is 9.59 Å². The van der Waals surface area contributed by atoms with Gasteiger partial charge in [-0.1, -0.05) is 0 Å². The van der Waals surface area contributed by atoms with E-state index in [4.69, 9.17) is 14.2 Å². The molecular formula is C14H19NO5S. The maximum atomic E-state index is 11.8. The minimum Gasteiger partial charge on any atom is -0.497 e. The van der Waals surface area contributed by atoms with Crippen molar-refractivity contribution in [3.05, 3.63) is 18.2 Å². The zero-order valence-electron chi connectivity index (χ0n) is 12.3.